The van der Waals surface area contributed by atoms with E-state index in [4.69, 9.17) is 0 Å². The third-order valence-electron chi connectivity index (χ3n) is 13.5. The quantitative estimate of drug-likeness (QED) is 0.0441. The minimum atomic E-state index is -4.04. The summed E-state index contributed by atoms with van der Waals surface area (Å²) in [5, 5.41) is 0. The highest BCUT2D eigenvalue weighted by Crippen LogP contribution is 2.49. The molecule has 0 aromatic heterocycles. The normalized spacial score (nSPS) is 20.7. The van der Waals surface area contributed by atoms with Crippen LogP contribution in [0.1, 0.15) is 128 Å². The lowest BCUT2D eigenvalue weighted by Crippen LogP contribution is -2.35. The lowest BCUT2D eigenvalue weighted by atomic mass is 9.81. The van der Waals surface area contributed by atoms with Crippen LogP contribution in [-0.2, 0) is 30.5 Å². The number of Topliss-reactive ketones (excluding diaryl/α,β-unsaturated/α-hetero) is 1. The van der Waals surface area contributed by atoms with Gasteiger partial charge in [-0.15, -0.1) is 0 Å². The Balaban J connectivity index is 1.25. The minimum absolute atomic E-state index is 0.165. The number of ketones is 1. The number of thioether (sulfide) groups is 1. The Labute approximate surface area is 391 Å². The zero-order valence-corrected chi connectivity index (χ0v) is 40.9. The van der Waals surface area contributed by atoms with Gasteiger partial charge in [-0.1, -0.05) is 113 Å². The molecule has 2 amide bonds. The fraction of sp³-hybridized carbons (Fsp3) is 0.444. The van der Waals surface area contributed by atoms with E-state index in [1.165, 1.54) is 38.6 Å². The van der Waals surface area contributed by atoms with Gasteiger partial charge in [0, 0.05) is 75.2 Å². The van der Waals surface area contributed by atoms with E-state index in [1.54, 1.807) is 11.8 Å². The summed E-state index contributed by atoms with van der Waals surface area (Å²) in [5.74, 6) is -1.12. The lowest BCUT2D eigenvalue weighted by molar-refractivity contribution is -0.438. The molecule has 0 saturated carbocycles. The molecule has 3 aromatic rings. The van der Waals surface area contributed by atoms with Crippen LogP contribution >= 0.6 is 11.8 Å². The smallest absolute Gasteiger partial charge is 0.264 e. The number of carbonyl (C=O) groups is 3. The molecule has 7 rings (SSSR count). The van der Waals surface area contributed by atoms with Crippen LogP contribution in [0.5, 0.6) is 0 Å². The van der Waals surface area contributed by atoms with Gasteiger partial charge in [0.15, 0.2) is 11.5 Å². The Morgan fingerprint density at radius 3 is 2.29 bits per heavy atom. The van der Waals surface area contributed by atoms with E-state index in [2.05, 4.69) is 111 Å². The molecule has 344 valence electrons. The molecule has 3 heterocycles. The van der Waals surface area contributed by atoms with Gasteiger partial charge in [0.1, 0.15) is 6.54 Å². The van der Waals surface area contributed by atoms with Crippen molar-refractivity contribution in [2.75, 3.05) is 30.3 Å². The van der Waals surface area contributed by atoms with Crippen molar-refractivity contribution < 1.29 is 31.9 Å². The van der Waals surface area contributed by atoms with E-state index >= 15 is 0 Å². The van der Waals surface area contributed by atoms with Crippen molar-refractivity contribution in [3.8, 4) is 0 Å². The molecule has 4 aliphatic rings. The number of para-hydroxylation sites is 2. The monoisotopic (exact) mass is 916 g/mol. The van der Waals surface area contributed by atoms with Crippen LogP contribution in [0.3, 0.4) is 0 Å². The molecule has 9 nitrogen and oxygen atoms in total. The van der Waals surface area contributed by atoms with Gasteiger partial charge in [0.05, 0.1) is 17.7 Å². The lowest BCUT2D eigenvalue weighted by Gasteiger charge is -2.27. The van der Waals surface area contributed by atoms with E-state index in [9.17, 15) is 27.4 Å². The first-order valence-corrected chi connectivity index (χ1v) is 25.9. The van der Waals surface area contributed by atoms with Crippen molar-refractivity contribution in [1.29, 1.82) is 0 Å². The van der Waals surface area contributed by atoms with E-state index < -0.39 is 10.1 Å². The van der Waals surface area contributed by atoms with Crippen molar-refractivity contribution in [1.82, 2.24) is 4.90 Å². The Hall–Kier alpha value is -4.84. The van der Waals surface area contributed by atoms with E-state index in [-0.39, 0.29) is 59.0 Å². The number of anilines is 1. The SMILES string of the molecule is CCCCN1/C(=C/C=C2\CCCC(/C=C/C3=[N+](CCCCS(=O)(=O)O)c4ccccc4C3(C)C)=C2Sc2ccc(C(=O)CN3C(=O)CC(CC(C)C)C3=O)cc2)C(C)(C)c2ccccc21. The Kier molecular flexibility index (Phi) is 14.8. The summed E-state index contributed by atoms with van der Waals surface area (Å²) in [6.45, 7) is 16.7. The number of likely N-dealkylation sites (tertiary alicyclic amines) is 1. The third-order valence-corrected chi connectivity index (χ3v) is 15.6. The van der Waals surface area contributed by atoms with Gasteiger partial charge in [0.25, 0.3) is 10.1 Å². The Morgan fingerprint density at radius 1 is 0.877 bits per heavy atom. The molecular weight excluding hydrogens is 851 g/mol. The zero-order chi connectivity index (χ0) is 46.7. The fourth-order valence-corrected chi connectivity index (χ4v) is 11.8. The second kappa shape index (κ2) is 19.9. The first-order chi connectivity index (χ1) is 30.9. The number of hydrogen-bond donors (Lipinski definition) is 1. The second-order valence-electron chi connectivity index (χ2n) is 19.5. The van der Waals surface area contributed by atoms with E-state index in [0.717, 1.165) is 59.8 Å². The van der Waals surface area contributed by atoms with Gasteiger partial charge < -0.3 is 4.90 Å². The third kappa shape index (κ3) is 10.6. The van der Waals surface area contributed by atoms with Crippen molar-refractivity contribution in [3.05, 3.63) is 136 Å². The average molecular weight is 917 g/mol. The largest absolute Gasteiger partial charge is 0.344 e. The Morgan fingerprint density at radius 2 is 1.58 bits per heavy atom. The highest BCUT2D eigenvalue weighted by molar-refractivity contribution is 8.03. The zero-order valence-electron chi connectivity index (χ0n) is 39.2. The molecule has 1 N–H and O–H groups in total. The van der Waals surface area contributed by atoms with Crippen LogP contribution in [-0.4, -0.2) is 71.1 Å². The van der Waals surface area contributed by atoms with Crippen molar-refractivity contribution in [2.45, 2.75) is 122 Å². The average Bonchev–Trinajstić information content (AvgIpc) is 3.74. The number of benzene rings is 3. The van der Waals surface area contributed by atoms with Gasteiger partial charge >= 0.3 is 0 Å². The summed E-state index contributed by atoms with van der Waals surface area (Å²) in [7, 11) is -4.04. The number of carbonyl (C=O) groups excluding carboxylic acids is 3. The van der Waals surface area contributed by atoms with Gasteiger partial charge in [-0.3, -0.25) is 23.8 Å². The van der Waals surface area contributed by atoms with Gasteiger partial charge in [0.2, 0.25) is 17.5 Å². The molecule has 11 heteroatoms. The summed E-state index contributed by atoms with van der Waals surface area (Å²) >= 11 is 1.70. The van der Waals surface area contributed by atoms with Crippen LogP contribution < -0.4 is 4.90 Å². The van der Waals surface area contributed by atoms with Crippen LogP contribution in [0.2, 0.25) is 0 Å². The molecule has 1 fully saturated rings. The van der Waals surface area contributed by atoms with Gasteiger partial charge in [-0.2, -0.15) is 13.0 Å². The maximum atomic E-state index is 13.5. The van der Waals surface area contributed by atoms with Gasteiger partial charge in [-0.25, -0.2) is 0 Å². The molecule has 0 radical (unpaired) electrons. The fourth-order valence-electron chi connectivity index (χ4n) is 10.1. The highest BCUT2D eigenvalue weighted by Gasteiger charge is 2.44. The number of unbranched alkanes of at least 4 members (excludes halogenated alkanes) is 2. The number of rotatable bonds is 18. The number of fused-ring (bicyclic) bond motifs is 2. The van der Waals surface area contributed by atoms with Crippen LogP contribution in [0.15, 0.2) is 124 Å². The molecule has 1 saturated heterocycles. The van der Waals surface area contributed by atoms with Crippen molar-refractivity contribution >= 4 is 56.6 Å². The summed E-state index contributed by atoms with van der Waals surface area (Å²) in [5.41, 5.74) is 9.79. The van der Waals surface area contributed by atoms with Gasteiger partial charge in [-0.05, 0) is 99.3 Å². The van der Waals surface area contributed by atoms with Crippen molar-refractivity contribution in [3.63, 3.8) is 0 Å². The first-order valence-electron chi connectivity index (χ1n) is 23.5. The number of imide groups is 1. The molecular formula is C54H66N3O6S2+. The van der Waals surface area contributed by atoms with Crippen LogP contribution in [0.4, 0.5) is 11.4 Å². The van der Waals surface area contributed by atoms with E-state index in [0.29, 0.717) is 31.4 Å². The predicted molar refractivity (Wildman–Crippen MR) is 264 cm³/mol. The molecule has 1 aliphatic carbocycles. The summed E-state index contributed by atoms with van der Waals surface area (Å²) in [6, 6.07) is 24.7. The molecule has 0 bridgehead atoms. The van der Waals surface area contributed by atoms with E-state index in [1.807, 2.05) is 44.2 Å². The maximum absolute atomic E-state index is 13.5. The Bertz CT molecular complexity index is 2600. The molecule has 1 atom stereocenters. The molecule has 3 aromatic carbocycles. The number of hydrogen-bond acceptors (Lipinski definition) is 7. The van der Waals surface area contributed by atoms with Crippen LogP contribution in [0, 0.1) is 11.8 Å². The minimum Gasteiger partial charge on any atom is -0.344 e. The predicted octanol–water partition coefficient (Wildman–Crippen LogP) is 11.5. The number of nitrogens with zero attached hydrogens (tertiary/aromatic N) is 3. The molecule has 1 unspecified atom stereocenters. The summed E-state index contributed by atoms with van der Waals surface area (Å²) in [4.78, 5) is 45.2. The first kappa shape index (κ1) is 48.1. The standard InChI is InChI=1S/C54H65N3O6S2/c1-8-9-31-55-45-21-12-10-19-43(45)53(4,5)48(55)29-25-39-17-16-18-40(26-30-49-54(6,7)44-20-11-13-22-46(44)56(49)32-14-15-33-65(61,62)63)51(39)64-42-27-23-38(24-28-42)47(58)36-57-50(59)35-41(52(57)60)34-37(2)3/h10-13,19-30,37,41H,8-9,14-18,31-36H2,1-7H3/p+1. The summed E-state index contributed by atoms with van der Waals surface area (Å²) < 4.78 is 34.8. The summed E-state index contributed by atoms with van der Waals surface area (Å²) in [6.07, 6.45) is 15.9. The number of allylic oxidation sites excluding steroid dienone is 7. The maximum Gasteiger partial charge on any atom is 0.264 e. The van der Waals surface area contributed by atoms with Crippen molar-refractivity contribution in [2.24, 2.45) is 11.8 Å². The second-order valence-corrected chi connectivity index (χ2v) is 22.2. The molecule has 65 heavy (non-hydrogen) atoms. The highest BCUT2D eigenvalue weighted by atomic mass is 32.2. The topological polar surface area (TPSA) is 115 Å². The molecule has 3 aliphatic heterocycles. The van der Waals surface area contributed by atoms with Crippen LogP contribution in [0.25, 0.3) is 0 Å². The number of amides is 2. The molecule has 0 spiro atoms.